The molecule has 0 atom stereocenters. The van der Waals surface area contributed by atoms with E-state index < -0.39 is 0 Å². The van der Waals surface area contributed by atoms with Gasteiger partial charge in [-0.05, 0) is 48.7 Å². The highest BCUT2D eigenvalue weighted by Gasteiger charge is 2.18. The van der Waals surface area contributed by atoms with Gasteiger partial charge in [0.25, 0.3) is 11.8 Å². The Morgan fingerprint density at radius 2 is 1.58 bits per heavy atom. The molecule has 1 aliphatic rings. The number of nitrogens with zero attached hydrogens (tertiary/aromatic N) is 1. The first-order valence-corrected chi connectivity index (χ1v) is 9.43. The zero-order valence-corrected chi connectivity index (χ0v) is 15.5. The molecule has 2 aromatic rings. The summed E-state index contributed by atoms with van der Waals surface area (Å²) in [6, 6.07) is 14.3. The topological polar surface area (TPSA) is 49.4 Å². The summed E-state index contributed by atoms with van der Waals surface area (Å²) >= 11 is 5.87. The summed E-state index contributed by atoms with van der Waals surface area (Å²) in [4.78, 5) is 27.0. The van der Waals surface area contributed by atoms with E-state index in [4.69, 9.17) is 11.6 Å². The van der Waals surface area contributed by atoms with Crippen molar-refractivity contribution >= 4 is 23.4 Å². The minimum Gasteiger partial charge on any atom is -0.348 e. The van der Waals surface area contributed by atoms with Crippen molar-refractivity contribution in [2.24, 2.45) is 0 Å². The zero-order chi connectivity index (χ0) is 18.4. The Morgan fingerprint density at radius 3 is 2.27 bits per heavy atom. The summed E-state index contributed by atoms with van der Waals surface area (Å²) in [6.45, 7) is 2.01. The van der Waals surface area contributed by atoms with Crippen LogP contribution in [0, 0.1) is 0 Å². The highest BCUT2D eigenvalue weighted by Crippen LogP contribution is 2.15. The molecular weight excluding hydrogens is 348 g/mol. The monoisotopic (exact) mass is 370 g/mol. The molecule has 1 saturated heterocycles. The lowest BCUT2D eigenvalue weighted by Crippen LogP contribution is -2.32. The molecule has 1 N–H and O–H groups in total. The lowest BCUT2D eigenvalue weighted by molar-refractivity contribution is 0.0761. The van der Waals surface area contributed by atoms with Crippen molar-refractivity contribution in [2.75, 3.05) is 13.1 Å². The van der Waals surface area contributed by atoms with Crippen LogP contribution in [0.1, 0.15) is 52.0 Å². The molecule has 0 aliphatic carbocycles. The summed E-state index contributed by atoms with van der Waals surface area (Å²) in [5.74, 6) is -0.176. The van der Waals surface area contributed by atoms with Crippen molar-refractivity contribution in [1.82, 2.24) is 10.2 Å². The molecule has 2 aromatic carbocycles. The van der Waals surface area contributed by atoms with E-state index >= 15 is 0 Å². The molecule has 5 heteroatoms. The van der Waals surface area contributed by atoms with Crippen LogP contribution >= 0.6 is 11.6 Å². The van der Waals surface area contributed by atoms with Gasteiger partial charge in [0.1, 0.15) is 0 Å². The highest BCUT2D eigenvalue weighted by molar-refractivity contribution is 6.30. The molecule has 3 rings (SSSR count). The van der Waals surface area contributed by atoms with Gasteiger partial charge in [-0.3, -0.25) is 9.59 Å². The second kappa shape index (κ2) is 8.86. The molecular formula is C21H23ClN2O2. The Hall–Kier alpha value is -2.33. The fraction of sp³-hybridized carbons (Fsp3) is 0.333. The van der Waals surface area contributed by atoms with Crippen LogP contribution in [-0.4, -0.2) is 29.8 Å². The van der Waals surface area contributed by atoms with Gasteiger partial charge in [0.15, 0.2) is 0 Å². The maximum Gasteiger partial charge on any atom is 0.253 e. The number of carbonyl (C=O) groups excluding carboxylic acids is 2. The second-order valence-corrected chi connectivity index (χ2v) is 7.03. The summed E-state index contributed by atoms with van der Waals surface area (Å²) in [7, 11) is 0. The number of carbonyl (C=O) groups is 2. The van der Waals surface area contributed by atoms with Gasteiger partial charge in [0, 0.05) is 35.8 Å². The Morgan fingerprint density at radius 1 is 0.923 bits per heavy atom. The maximum absolute atomic E-state index is 12.7. The molecule has 0 radical (unpaired) electrons. The lowest BCUT2D eigenvalue weighted by atomic mass is 10.1. The van der Waals surface area contributed by atoms with Crippen LogP contribution < -0.4 is 5.32 Å². The summed E-state index contributed by atoms with van der Waals surface area (Å²) in [5, 5.41) is 3.55. The van der Waals surface area contributed by atoms with Crippen molar-refractivity contribution in [2.45, 2.75) is 32.2 Å². The first kappa shape index (κ1) is 18.5. The van der Waals surface area contributed by atoms with Gasteiger partial charge in [0.2, 0.25) is 0 Å². The van der Waals surface area contributed by atoms with Gasteiger partial charge in [-0.1, -0.05) is 42.6 Å². The fourth-order valence-electron chi connectivity index (χ4n) is 3.14. The minimum atomic E-state index is -0.189. The average Bonchev–Trinajstić information content (AvgIpc) is 2.96. The number of benzene rings is 2. The predicted octanol–water partition coefficient (Wildman–Crippen LogP) is 4.29. The normalized spacial score (nSPS) is 14.6. The molecule has 0 saturated carbocycles. The Labute approximate surface area is 159 Å². The molecule has 0 spiro atoms. The van der Waals surface area contributed by atoms with E-state index in [1.165, 1.54) is 12.8 Å². The van der Waals surface area contributed by atoms with Gasteiger partial charge in [-0.25, -0.2) is 0 Å². The molecule has 1 fully saturated rings. The highest BCUT2D eigenvalue weighted by atomic mass is 35.5. The second-order valence-electron chi connectivity index (χ2n) is 6.60. The molecule has 0 aromatic heterocycles. The van der Waals surface area contributed by atoms with E-state index in [0.29, 0.717) is 22.7 Å². The average molecular weight is 371 g/mol. The van der Waals surface area contributed by atoms with Crippen molar-refractivity contribution < 1.29 is 9.59 Å². The maximum atomic E-state index is 12.7. The van der Waals surface area contributed by atoms with Gasteiger partial charge < -0.3 is 10.2 Å². The third kappa shape index (κ3) is 4.85. The van der Waals surface area contributed by atoms with E-state index in [1.807, 2.05) is 17.0 Å². The van der Waals surface area contributed by atoms with Crippen LogP contribution in [-0.2, 0) is 6.54 Å². The number of halogens is 1. The van der Waals surface area contributed by atoms with Crippen molar-refractivity contribution in [3.63, 3.8) is 0 Å². The van der Waals surface area contributed by atoms with Crippen LogP contribution in [0.5, 0.6) is 0 Å². The van der Waals surface area contributed by atoms with Crippen LogP contribution in [0.3, 0.4) is 0 Å². The number of hydrogen-bond acceptors (Lipinski definition) is 2. The van der Waals surface area contributed by atoms with Gasteiger partial charge >= 0.3 is 0 Å². The molecule has 2 amide bonds. The third-order valence-electron chi connectivity index (χ3n) is 4.63. The van der Waals surface area contributed by atoms with Crippen molar-refractivity contribution in [3.8, 4) is 0 Å². The van der Waals surface area contributed by atoms with Crippen LogP contribution in [0.4, 0.5) is 0 Å². The van der Waals surface area contributed by atoms with E-state index in [9.17, 15) is 9.59 Å². The van der Waals surface area contributed by atoms with E-state index in [1.54, 1.807) is 36.4 Å². The van der Waals surface area contributed by atoms with Crippen molar-refractivity contribution in [3.05, 3.63) is 70.2 Å². The SMILES string of the molecule is O=C(NCc1ccc(Cl)cc1)c1cccc(C(=O)N2CCCCCC2)c1. The fourth-order valence-corrected chi connectivity index (χ4v) is 3.26. The first-order chi connectivity index (χ1) is 12.6. The third-order valence-corrected chi connectivity index (χ3v) is 4.88. The molecule has 26 heavy (non-hydrogen) atoms. The lowest BCUT2D eigenvalue weighted by Gasteiger charge is -2.20. The molecule has 0 unspecified atom stereocenters. The molecule has 1 heterocycles. The largest absolute Gasteiger partial charge is 0.348 e. The smallest absolute Gasteiger partial charge is 0.253 e. The van der Waals surface area contributed by atoms with Crippen molar-refractivity contribution in [1.29, 1.82) is 0 Å². The quantitative estimate of drug-likeness (QED) is 0.872. The van der Waals surface area contributed by atoms with Gasteiger partial charge in [0.05, 0.1) is 0 Å². The van der Waals surface area contributed by atoms with E-state index in [2.05, 4.69) is 5.32 Å². The number of rotatable bonds is 4. The summed E-state index contributed by atoms with van der Waals surface area (Å²) in [6.07, 6.45) is 4.45. The Bertz CT molecular complexity index is 766. The molecule has 0 bridgehead atoms. The number of nitrogens with one attached hydrogen (secondary N) is 1. The van der Waals surface area contributed by atoms with Gasteiger partial charge in [-0.15, -0.1) is 0 Å². The van der Waals surface area contributed by atoms with Crippen LogP contribution in [0.15, 0.2) is 48.5 Å². The Kier molecular flexibility index (Phi) is 6.29. The summed E-state index contributed by atoms with van der Waals surface area (Å²) in [5.41, 5.74) is 2.05. The standard InChI is InChI=1S/C21H23ClN2O2/c22-19-10-8-16(9-11-19)15-23-20(25)17-6-5-7-18(14-17)21(26)24-12-3-1-2-4-13-24/h5-11,14H,1-4,12-13,15H2,(H,23,25). The zero-order valence-electron chi connectivity index (χ0n) is 14.7. The van der Waals surface area contributed by atoms with Crippen LogP contribution in [0.2, 0.25) is 5.02 Å². The number of hydrogen-bond donors (Lipinski definition) is 1. The van der Waals surface area contributed by atoms with Crippen LogP contribution in [0.25, 0.3) is 0 Å². The van der Waals surface area contributed by atoms with E-state index in [-0.39, 0.29) is 11.8 Å². The molecule has 136 valence electrons. The minimum absolute atomic E-state index is 0.0132. The Balaban J connectivity index is 1.64. The number of likely N-dealkylation sites (tertiary alicyclic amines) is 1. The number of amides is 2. The first-order valence-electron chi connectivity index (χ1n) is 9.05. The molecule has 4 nitrogen and oxygen atoms in total. The van der Waals surface area contributed by atoms with Gasteiger partial charge in [-0.2, -0.15) is 0 Å². The summed E-state index contributed by atoms with van der Waals surface area (Å²) < 4.78 is 0. The molecule has 1 aliphatic heterocycles. The van der Waals surface area contributed by atoms with E-state index in [0.717, 1.165) is 31.5 Å². The predicted molar refractivity (Wildman–Crippen MR) is 103 cm³/mol.